The molecule has 1 spiro atoms. The lowest BCUT2D eigenvalue weighted by molar-refractivity contribution is -0.161. The molecule has 6 nitrogen and oxygen atoms in total. The van der Waals surface area contributed by atoms with Crippen LogP contribution in [0.15, 0.2) is 24.3 Å². The maximum atomic E-state index is 12.7. The molecule has 6 heteroatoms. The maximum absolute atomic E-state index is 12.7. The molecule has 1 aromatic rings. The highest BCUT2D eigenvalue weighted by Crippen LogP contribution is 2.36. The van der Waals surface area contributed by atoms with Gasteiger partial charge in [0.2, 0.25) is 0 Å². The zero-order valence-corrected chi connectivity index (χ0v) is 16.9. The van der Waals surface area contributed by atoms with Gasteiger partial charge in [-0.3, -0.25) is 4.79 Å². The first-order valence-corrected chi connectivity index (χ1v) is 9.63. The molecule has 0 bridgehead atoms. The summed E-state index contributed by atoms with van der Waals surface area (Å²) in [6.07, 6.45) is 0.595. The van der Waals surface area contributed by atoms with Gasteiger partial charge in [0.25, 0.3) is 5.91 Å². The Morgan fingerprint density at radius 3 is 2.44 bits per heavy atom. The van der Waals surface area contributed by atoms with Gasteiger partial charge in [-0.25, -0.2) is 4.79 Å². The second kappa shape index (κ2) is 7.15. The van der Waals surface area contributed by atoms with Gasteiger partial charge in [0, 0.05) is 18.8 Å². The lowest BCUT2D eigenvalue weighted by atomic mass is 9.88. The molecule has 0 aromatic heterocycles. The van der Waals surface area contributed by atoms with E-state index in [9.17, 15) is 9.59 Å². The van der Waals surface area contributed by atoms with Gasteiger partial charge in [-0.15, -0.1) is 0 Å². The first kappa shape index (κ1) is 19.7. The topological polar surface area (TPSA) is 59.1 Å². The average molecular weight is 374 g/mol. The van der Waals surface area contributed by atoms with Crippen molar-refractivity contribution in [3.63, 3.8) is 0 Å². The van der Waals surface area contributed by atoms with Crippen LogP contribution in [-0.4, -0.2) is 53.8 Å². The summed E-state index contributed by atoms with van der Waals surface area (Å²) in [6.45, 7) is 11.1. The Bertz CT molecular complexity index is 717. The zero-order valence-electron chi connectivity index (χ0n) is 16.9. The molecule has 0 aliphatic carbocycles. The van der Waals surface area contributed by atoms with Crippen molar-refractivity contribution in [1.29, 1.82) is 0 Å². The van der Waals surface area contributed by atoms with Crippen molar-refractivity contribution in [2.24, 2.45) is 0 Å². The van der Waals surface area contributed by atoms with E-state index in [-0.39, 0.29) is 12.0 Å². The number of carbonyl (C=O) groups excluding carboxylic acids is 2. The minimum atomic E-state index is -0.504. The minimum absolute atomic E-state index is 0.00973. The van der Waals surface area contributed by atoms with E-state index in [0.717, 1.165) is 11.3 Å². The first-order valence-electron chi connectivity index (χ1n) is 9.63. The van der Waals surface area contributed by atoms with Crippen molar-refractivity contribution in [3.05, 3.63) is 29.8 Å². The number of nitrogens with zero attached hydrogens (tertiary/aromatic N) is 2. The van der Waals surface area contributed by atoms with Crippen molar-refractivity contribution in [1.82, 2.24) is 4.90 Å². The van der Waals surface area contributed by atoms with Crippen LogP contribution < -0.4 is 4.90 Å². The van der Waals surface area contributed by atoms with Gasteiger partial charge in [-0.2, -0.15) is 0 Å². The number of likely N-dealkylation sites (tertiary alicyclic amines) is 1. The summed E-state index contributed by atoms with van der Waals surface area (Å²) in [5.74, 6) is -0.00973. The zero-order chi connectivity index (χ0) is 19.8. The summed E-state index contributed by atoms with van der Waals surface area (Å²) in [5.41, 5.74) is 1.08. The van der Waals surface area contributed by atoms with Gasteiger partial charge >= 0.3 is 6.09 Å². The fourth-order valence-corrected chi connectivity index (χ4v) is 3.82. The molecule has 1 atom stereocenters. The molecule has 2 fully saturated rings. The summed E-state index contributed by atoms with van der Waals surface area (Å²) in [5, 5.41) is 0. The summed E-state index contributed by atoms with van der Waals surface area (Å²) < 4.78 is 11.7. The van der Waals surface area contributed by atoms with E-state index in [1.165, 1.54) is 0 Å². The largest absolute Gasteiger partial charge is 0.444 e. The van der Waals surface area contributed by atoms with Crippen LogP contribution in [0.3, 0.4) is 0 Å². The van der Waals surface area contributed by atoms with Crippen molar-refractivity contribution >= 4 is 17.7 Å². The number of carbonyl (C=O) groups is 2. The van der Waals surface area contributed by atoms with Crippen LogP contribution in [0, 0.1) is 6.92 Å². The number of aryl methyl sites for hydroxylation is 1. The molecule has 2 aliphatic heterocycles. The number of hydrogen-bond acceptors (Lipinski definition) is 4. The molecule has 3 rings (SSSR count). The van der Waals surface area contributed by atoms with Crippen LogP contribution in [0.4, 0.5) is 10.5 Å². The van der Waals surface area contributed by atoms with Crippen LogP contribution >= 0.6 is 0 Å². The van der Waals surface area contributed by atoms with E-state index in [0.29, 0.717) is 32.5 Å². The number of para-hydroxylation sites is 1. The van der Waals surface area contributed by atoms with Gasteiger partial charge < -0.3 is 19.3 Å². The summed E-state index contributed by atoms with van der Waals surface area (Å²) in [6, 6.07) is 7.92. The Morgan fingerprint density at radius 2 is 1.85 bits per heavy atom. The highest BCUT2D eigenvalue weighted by atomic mass is 16.6. The van der Waals surface area contributed by atoms with Gasteiger partial charge in [0.05, 0.1) is 12.1 Å². The molecule has 2 amide bonds. The lowest BCUT2D eigenvalue weighted by Gasteiger charge is -2.49. The maximum Gasteiger partial charge on any atom is 0.410 e. The van der Waals surface area contributed by atoms with Crippen LogP contribution in [0.2, 0.25) is 0 Å². The lowest BCUT2D eigenvalue weighted by Crippen LogP contribution is -2.62. The van der Waals surface area contributed by atoms with Gasteiger partial charge in [0.1, 0.15) is 11.7 Å². The first-order chi connectivity index (χ1) is 12.6. The normalized spacial score (nSPS) is 22.9. The summed E-state index contributed by atoms with van der Waals surface area (Å²) in [7, 11) is 0. The molecular formula is C21H30N2O4. The Hall–Kier alpha value is -2.08. The van der Waals surface area contributed by atoms with E-state index >= 15 is 0 Å². The molecule has 148 valence electrons. The smallest absolute Gasteiger partial charge is 0.410 e. The molecular weight excluding hydrogens is 344 g/mol. The number of morpholine rings is 1. The number of ether oxygens (including phenoxy) is 2. The third-order valence-corrected chi connectivity index (χ3v) is 5.22. The monoisotopic (exact) mass is 374 g/mol. The standard InChI is InChI=1S/C21H30N2O4/c1-15-8-6-7-9-17(15)23-14-21(26-16(2)18(23)24)10-12-22(13-11-21)19(25)27-20(3,4)5/h6-9,16H,10-14H2,1-5H3. The Morgan fingerprint density at radius 1 is 1.22 bits per heavy atom. The molecule has 0 N–H and O–H groups in total. The number of rotatable bonds is 1. The Labute approximate surface area is 161 Å². The van der Waals surface area contributed by atoms with Gasteiger partial charge in [-0.05, 0) is 59.1 Å². The van der Waals surface area contributed by atoms with Gasteiger partial charge in [0.15, 0.2) is 0 Å². The number of amides is 2. The molecule has 2 saturated heterocycles. The highest BCUT2D eigenvalue weighted by Gasteiger charge is 2.46. The summed E-state index contributed by atoms with van der Waals surface area (Å²) in [4.78, 5) is 28.7. The number of piperidine rings is 1. The molecule has 2 heterocycles. The van der Waals surface area contributed by atoms with Gasteiger partial charge in [-0.1, -0.05) is 18.2 Å². The van der Waals surface area contributed by atoms with Crippen LogP contribution in [0.1, 0.15) is 46.1 Å². The average Bonchev–Trinajstić information content (AvgIpc) is 2.58. The molecule has 27 heavy (non-hydrogen) atoms. The van der Waals surface area contributed by atoms with Crippen molar-refractivity contribution in [2.45, 2.75) is 64.8 Å². The van der Waals surface area contributed by atoms with E-state index in [2.05, 4.69) is 0 Å². The molecule has 1 aromatic carbocycles. The van der Waals surface area contributed by atoms with Crippen LogP contribution in [0.5, 0.6) is 0 Å². The van der Waals surface area contributed by atoms with Crippen LogP contribution in [-0.2, 0) is 14.3 Å². The fraction of sp³-hybridized carbons (Fsp3) is 0.619. The predicted octanol–water partition coefficient (Wildman–Crippen LogP) is 3.52. The third kappa shape index (κ3) is 4.26. The second-order valence-corrected chi connectivity index (χ2v) is 8.62. The van der Waals surface area contributed by atoms with E-state index in [1.54, 1.807) is 4.90 Å². The number of anilines is 1. The van der Waals surface area contributed by atoms with E-state index in [4.69, 9.17) is 9.47 Å². The second-order valence-electron chi connectivity index (χ2n) is 8.62. The minimum Gasteiger partial charge on any atom is -0.444 e. The van der Waals surface area contributed by atoms with Crippen molar-refractivity contribution in [3.8, 4) is 0 Å². The fourth-order valence-electron chi connectivity index (χ4n) is 3.82. The SMILES string of the molecule is Cc1ccccc1N1CC2(CCN(C(=O)OC(C)(C)C)CC2)OC(C)C1=O. The Balaban J connectivity index is 1.73. The number of hydrogen-bond donors (Lipinski definition) is 0. The van der Waals surface area contributed by atoms with Crippen molar-refractivity contribution < 1.29 is 19.1 Å². The van der Waals surface area contributed by atoms with Crippen LogP contribution in [0.25, 0.3) is 0 Å². The third-order valence-electron chi connectivity index (χ3n) is 5.22. The van der Waals surface area contributed by atoms with E-state index < -0.39 is 17.3 Å². The molecule has 0 saturated carbocycles. The molecule has 1 unspecified atom stereocenters. The highest BCUT2D eigenvalue weighted by molar-refractivity contribution is 5.97. The predicted molar refractivity (Wildman–Crippen MR) is 104 cm³/mol. The molecule has 0 radical (unpaired) electrons. The molecule has 2 aliphatic rings. The Kier molecular flexibility index (Phi) is 5.21. The number of benzene rings is 1. The van der Waals surface area contributed by atoms with E-state index in [1.807, 2.05) is 63.8 Å². The quantitative estimate of drug-likeness (QED) is 0.755. The van der Waals surface area contributed by atoms with Crippen molar-refractivity contribution in [2.75, 3.05) is 24.5 Å². The summed E-state index contributed by atoms with van der Waals surface area (Å²) >= 11 is 0.